The van der Waals surface area contributed by atoms with Crippen LogP contribution in [0, 0.1) is 5.92 Å². The van der Waals surface area contributed by atoms with Crippen LogP contribution in [0.4, 0.5) is 0 Å². The lowest BCUT2D eigenvalue weighted by atomic mass is 10.1. The molecule has 0 atom stereocenters. The fraction of sp³-hybridized carbons (Fsp3) is 0.600. The molecule has 0 saturated heterocycles. The Kier molecular flexibility index (Phi) is 5.52. The highest BCUT2D eigenvalue weighted by molar-refractivity contribution is 9.10. The van der Waals surface area contributed by atoms with E-state index in [1.165, 1.54) is 5.56 Å². The van der Waals surface area contributed by atoms with Crippen molar-refractivity contribution in [1.29, 1.82) is 0 Å². The third-order valence-corrected chi connectivity index (χ3v) is 3.59. The third kappa shape index (κ3) is 4.39. The minimum atomic E-state index is 0.690. The maximum Gasteiger partial charge on any atom is 0.175 e. The summed E-state index contributed by atoms with van der Waals surface area (Å²) in [5.41, 5.74) is 1.27. The first-order valence-electron chi connectivity index (χ1n) is 6.95. The number of hydrogen-bond donors (Lipinski definition) is 1. The van der Waals surface area contributed by atoms with Crippen molar-refractivity contribution >= 4 is 15.9 Å². The van der Waals surface area contributed by atoms with Gasteiger partial charge in [-0.1, -0.05) is 13.8 Å². The van der Waals surface area contributed by atoms with Crippen LogP contribution in [-0.4, -0.2) is 26.3 Å². The number of fused-ring (bicyclic) bond motifs is 1. The summed E-state index contributed by atoms with van der Waals surface area (Å²) in [5, 5.41) is 3.46. The minimum absolute atomic E-state index is 0.690. The van der Waals surface area contributed by atoms with Crippen molar-refractivity contribution in [3.8, 4) is 11.5 Å². The Morgan fingerprint density at radius 3 is 2.84 bits per heavy atom. The summed E-state index contributed by atoms with van der Waals surface area (Å²) in [4.78, 5) is 0. The largest absolute Gasteiger partial charge is 0.490 e. The monoisotopic (exact) mass is 327 g/mol. The first-order valence-corrected chi connectivity index (χ1v) is 7.75. The van der Waals surface area contributed by atoms with Gasteiger partial charge in [0, 0.05) is 6.42 Å². The van der Waals surface area contributed by atoms with Gasteiger partial charge in [-0.05, 0) is 59.1 Å². The molecule has 1 aliphatic rings. The van der Waals surface area contributed by atoms with Crippen LogP contribution in [0.25, 0.3) is 0 Å². The van der Waals surface area contributed by atoms with Crippen LogP contribution in [0.5, 0.6) is 11.5 Å². The number of hydrogen-bond acceptors (Lipinski definition) is 3. The maximum atomic E-state index is 5.74. The second-order valence-electron chi connectivity index (χ2n) is 5.30. The molecule has 0 aliphatic carbocycles. The van der Waals surface area contributed by atoms with Gasteiger partial charge in [0.15, 0.2) is 11.5 Å². The summed E-state index contributed by atoms with van der Waals surface area (Å²) in [6.45, 7) is 7.94. The van der Waals surface area contributed by atoms with Crippen molar-refractivity contribution < 1.29 is 9.47 Å². The second kappa shape index (κ2) is 7.15. The van der Waals surface area contributed by atoms with E-state index in [2.05, 4.69) is 47.2 Å². The molecule has 19 heavy (non-hydrogen) atoms. The molecule has 1 aromatic carbocycles. The van der Waals surface area contributed by atoms with E-state index in [0.29, 0.717) is 5.92 Å². The van der Waals surface area contributed by atoms with E-state index < -0.39 is 0 Å². The molecule has 0 aromatic heterocycles. The summed E-state index contributed by atoms with van der Waals surface area (Å²) in [6.07, 6.45) is 1.94. The predicted molar refractivity (Wildman–Crippen MR) is 81.2 cm³/mol. The molecule has 106 valence electrons. The average molecular weight is 328 g/mol. The fourth-order valence-corrected chi connectivity index (χ4v) is 2.66. The molecular weight excluding hydrogens is 306 g/mol. The summed E-state index contributed by atoms with van der Waals surface area (Å²) in [7, 11) is 0. The second-order valence-corrected chi connectivity index (χ2v) is 6.16. The van der Waals surface area contributed by atoms with E-state index in [0.717, 1.165) is 55.1 Å². The van der Waals surface area contributed by atoms with Gasteiger partial charge in [0.2, 0.25) is 0 Å². The van der Waals surface area contributed by atoms with E-state index in [1.54, 1.807) is 0 Å². The van der Waals surface area contributed by atoms with Gasteiger partial charge in [0.05, 0.1) is 17.7 Å². The van der Waals surface area contributed by atoms with Gasteiger partial charge in [0.25, 0.3) is 0 Å². The van der Waals surface area contributed by atoms with Gasteiger partial charge in [-0.2, -0.15) is 0 Å². The molecule has 0 bridgehead atoms. The Bertz CT molecular complexity index is 421. The van der Waals surface area contributed by atoms with Crippen molar-refractivity contribution in [2.75, 3.05) is 26.3 Å². The molecular formula is C15H22BrNO2. The number of nitrogens with one attached hydrogen (secondary N) is 1. The lowest BCUT2D eigenvalue weighted by molar-refractivity contribution is 0.296. The number of ether oxygens (including phenoxy) is 2. The van der Waals surface area contributed by atoms with Crippen LogP contribution < -0.4 is 14.8 Å². The first-order chi connectivity index (χ1) is 9.16. The smallest absolute Gasteiger partial charge is 0.175 e. The van der Waals surface area contributed by atoms with E-state index in [1.807, 2.05) is 0 Å². The first kappa shape index (κ1) is 14.7. The summed E-state index contributed by atoms with van der Waals surface area (Å²) in [6, 6.07) is 4.23. The Labute approximate surface area is 123 Å². The van der Waals surface area contributed by atoms with E-state index in [9.17, 15) is 0 Å². The van der Waals surface area contributed by atoms with E-state index in [4.69, 9.17) is 9.47 Å². The number of rotatable bonds is 5. The molecule has 4 heteroatoms. The molecule has 0 saturated carbocycles. The zero-order chi connectivity index (χ0) is 13.7. The lowest BCUT2D eigenvalue weighted by Crippen LogP contribution is -2.22. The SMILES string of the molecule is CC(C)CNCCc1cc(Br)c2c(c1)OCCCO2. The Morgan fingerprint density at radius 1 is 1.26 bits per heavy atom. The molecule has 2 rings (SSSR count). The maximum absolute atomic E-state index is 5.74. The molecule has 1 aromatic rings. The van der Waals surface area contributed by atoms with Gasteiger partial charge in [-0.15, -0.1) is 0 Å². The molecule has 1 aliphatic heterocycles. The molecule has 0 spiro atoms. The zero-order valence-electron chi connectivity index (χ0n) is 11.7. The highest BCUT2D eigenvalue weighted by atomic mass is 79.9. The van der Waals surface area contributed by atoms with Crippen LogP contribution in [0.2, 0.25) is 0 Å². The quantitative estimate of drug-likeness (QED) is 0.841. The molecule has 0 unspecified atom stereocenters. The highest BCUT2D eigenvalue weighted by Crippen LogP contribution is 2.38. The molecule has 1 N–H and O–H groups in total. The zero-order valence-corrected chi connectivity index (χ0v) is 13.3. The van der Waals surface area contributed by atoms with E-state index >= 15 is 0 Å². The molecule has 3 nitrogen and oxygen atoms in total. The van der Waals surface area contributed by atoms with Crippen LogP contribution in [-0.2, 0) is 6.42 Å². The van der Waals surface area contributed by atoms with Gasteiger partial charge >= 0.3 is 0 Å². The van der Waals surface area contributed by atoms with Crippen molar-refractivity contribution in [3.63, 3.8) is 0 Å². The van der Waals surface area contributed by atoms with Crippen molar-refractivity contribution in [1.82, 2.24) is 5.32 Å². The van der Waals surface area contributed by atoms with E-state index in [-0.39, 0.29) is 0 Å². The summed E-state index contributed by atoms with van der Waals surface area (Å²) < 4.78 is 12.4. The minimum Gasteiger partial charge on any atom is -0.490 e. The predicted octanol–water partition coefficient (Wildman–Crippen LogP) is 3.40. The molecule has 0 radical (unpaired) electrons. The number of halogens is 1. The van der Waals surface area contributed by atoms with Crippen molar-refractivity contribution in [3.05, 3.63) is 22.2 Å². The van der Waals surface area contributed by atoms with Gasteiger partial charge in [-0.25, -0.2) is 0 Å². The fourth-order valence-electron chi connectivity index (χ4n) is 2.05. The van der Waals surface area contributed by atoms with Crippen molar-refractivity contribution in [2.45, 2.75) is 26.7 Å². The van der Waals surface area contributed by atoms with Gasteiger partial charge < -0.3 is 14.8 Å². The van der Waals surface area contributed by atoms with Crippen LogP contribution in [0.3, 0.4) is 0 Å². The van der Waals surface area contributed by atoms with Crippen molar-refractivity contribution in [2.24, 2.45) is 5.92 Å². The highest BCUT2D eigenvalue weighted by Gasteiger charge is 2.15. The molecule has 0 amide bonds. The van der Waals surface area contributed by atoms with Gasteiger partial charge in [0.1, 0.15) is 0 Å². The topological polar surface area (TPSA) is 30.5 Å². The van der Waals surface area contributed by atoms with Crippen LogP contribution in [0.15, 0.2) is 16.6 Å². The Morgan fingerprint density at radius 2 is 2.05 bits per heavy atom. The number of benzene rings is 1. The van der Waals surface area contributed by atoms with Gasteiger partial charge in [-0.3, -0.25) is 0 Å². The lowest BCUT2D eigenvalue weighted by Gasteiger charge is -2.12. The average Bonchev–Trinajstić information content (AvgIpc) is 2.60. The molecule has 0 fully saturated rings. The van der Waals surface area contributed by atoms with Crippen LogP contribution >= 0.6 is 15.9 Å². The summed E-state index contributed by atoms with van der Waals surface area (Å²) >= 11 is 3.57. The Hall–Kier alpha value is -0.740. The summed E-state index contributed by atoms with van der Waals surface area (Å²) in [5.74, 6) is 2.40. The normalized spacial score (nSPS) is 14.5. The third-order valence-electron chi connectivity index (χ3n) is 3.00. The van der Waals surface area contributed by atoms with Crippen LogP contribution in [0.1, 0.15) is 25.8 Å². The standard InChI is InChI=1S/C15H22BrNO2/c1-11(2)10-17-5-4-12-8-13(16)15-14(9-12)18-6-3-7-19-15/h8-9,11,17H,3-7,10H2,1-2H3. The Balaban J connectivity index is 1.98. The molecule has 1 heterocycles.